The molecule has 0 fully saturated rings. The molecule has 0 bridgehead atoms. The van der Waals surface area contributed by atoms with Crippen LogP contribution in [0.1, 0.15) is 11.1 Å². The highest BCUT2D eigenvalue weighted by molar-refractivity contribution is 5.80. The van der Waals surface area contributed by atoms with Gasteiger partial charge in [-0.15, -0.1) is 0 Å². The number of ether oxygens (including phenoxy) is 1. The van der Waals surface area contributed by atoms with Crippen molar-refractivity contribution in [2.45, 2.75) is 13.2 Å². The molecule has 0 aliphatic rings. The van der Waals surface area contributed by atoms with Gasteiger partial charge in [0.05, 0.1) is 0 Å². The van der Waals surface area contributed by atoms with Gasteiger partial charge in [-0.05, 0) is 40.8 Å². The Labute approximate surface area is 141 Å². The summed E-state index contributed by atoms with van der Waals surface area (Å²) in [6.45, 7) is 1.44. The fraction of sp³-hybridized carbons (Fsp3) is 0.0909. The van der Waals surface area contributed by atoms with Gasteiger partial charge in [0.15, 0.2) is 0 Å². The van der Waals surface area contributed by atoms with E-state index in [4.69, 9.17) is 4.74 Å². The molecule has 0 radical (unpaired) electrons. The van der Waals surface area contributed by atoms with Gasteiger partial charge in [-0.1, -0.05) is 60.7 Å². The maximum absolute atomic E-state index is 5.93. The predicted octanol–water partition coefficient (Wildman–Crippen LogP) is 5.27. The quantitative estimate of drug-likeness (QED) is 0.489. The van der Waals surface area contributed by atoms with Gasteiger partial charge < -0.3 is 9.30 Å². The second kappa shape index (κ2) is 6.63. The van der Waals surface area contributed by atoms with Gasteiger partial charge in [-0.25, -0.2) is 0 Å². The van der Waals surface area contributed by atoms with Crippen molar-refractivity contribution < 1.29 is 4.74 Å². The Bertz CT molecular complexity index is 940. The molecule has 0 atom stereocenters. The molecule has 0 spiro atoms. The maximum atomic E-state index is 5.93. The van der Waals surface area contributed by atoms with Crippen LogP contribution in [0.3, 0.4) is 0 Å². The molecule has 2 nitrogen and oxygen atoms in total. The Morgan fingerprint density at radius 2 is 1.50 bits per heavy atom. The van der Waals surface area contributed by atoms with E-state index in [-0.39, 0.29) is 0 Å². The van der Waals surface area contributed by atoms with Crippen molar-refractivity contribution in [1.29, 1.82) is 0 Å². The van der Waals surface area contributed by atoms with E-state index < -0.39 is 0 Å². The standard InChI is InChI=1S/C22H19NO/c1-2-7-18(8-3-1)17-24-21-11-6-9-19(15-21)16-23-14-13-20-10-4-5-12-22(20)23/h1-15H,16-17H2. The number of hydrogen-bond donors (Lipinski definition) is 0. The second-order valence-corrected chi connectivity index (χ2v) is 5.92. The molecule has 4 rings (SSSR count). The Balaban J connectivity index is 1.50. The summed E-state index contributed by atoms with van der Waals surface area (Å²) in [4.78, 5) is 0. The van der Waals surface area contributed by atoms with Crippen molar-refractivity contribution >= 4 is 10.9 Å². The highest BCUT2D eigenvalue weighted by atomic mass is 16.5. The number of fused-ring (bicyclic) bond motifs is 1. The van der Waals surface area contributed by atoms with Gasteiger partial charge >= 0.3 is 0 Å². The van der Waals surface area contributed by atoms with Gasteiger partial charge in [0.2, 0.25) is 0 Å². The molecule has 1 heterocycles. The molecule has 3 aromatic carbocycles. The van der Waals surface area contributed by atoms with Crippen molar-refractivity contribution in [2.24, 2.45) is 0 Å². The average Bonchev–Trinajstić information content (AvgIpc) is 3.04. The number of nitrogens with zero attached hydrogens (tertiary/aromatic N) is 1. The molecule has 0 aliphatic carbocycles. The van der Waals surface area contributed by atoms with E-state index in [1.54, 1.807) is 0 Å². The summed E-state index contributed by atoms with van der Waals surface area (Å²) in [5.41, 5.74) is 3.68. The summed E-state index contributed by atoms with van der Waals surface area (Å²) in [5, 5.41) is 1.27. The van der Waals surface area contributed by atoms with E-state index in [1.807, 2.05) is 24.3 Å². The highest BCUT2D eigenvalue weighted by Gasteiger charge is 2.03. The van der Waals surface area contributed by atoms with Crippen LogP contribution in [0.15, 0.2) is 91.1 Å². The molecule has 0 N–H and O–H groups in total. The van der Waals surface area contributed by atoms with Crippen molar-refractivity contribution in [3.63, 3.8) is 0 Å². The van der Waals surface area contributed by atoms with Crippen molar-refractivity contribution in [3.8, 4) is 5.75 Å². The van der Waals surface area contributed by atoms with Crippen LogP contribution < -0.4 is 4.74 Å². The minimum absolute atomic E-state index is 0.594. The molecular formula is C22H19NO. The summed E-state index contributed by atoms with van der Waals surface area (Å²) in [6.07, 6.45) is 2.14. The Morgan fingerprint density at radius 1 is 0.708 bits per heavy atom. The van der Waals surface area contributed by atoms with E-state index in [0.29, 0.717) is 6.61 Å². The largest absolute Gasteiger partial charge is 0.489 e. The molecule has 4 aromatic rings. The SMILES string of the molecule is c1ccc(COc2cccc(Cn3ccc4ccccc43)c2)cc1. The van der Waals surface area contributed by atoms with Crippen LogP contribution >= 0.6 is 0 Å². The Morgan fingerprint density at radius 3 is 2.42 bits per heavy atom. The molecule has 2 heteroatoms. The third kappa shape index (κ3) is 3.18. The minimum atomic E-state index is 0.594. The third-order valence-corrected chi connectivity index (χ3v) is 4.18. The van der Waals surface area contributed by atoms with Crippen LogP contribution in [0.4, 0.5) is 0 Å². The first-order chi connectivity index (χ1) is 11.9. The van der Waals surface area contributed by atoms with E-state index >= 15 is 0 Å². The molecule has 24 heavy (non-hydrogen) atoms. The summed E-state index contributed by atoms with van der Waals surface area (Å²) < 4.78 is 8.20. The lowest BCUT2D eigenvalue weighted by Crippen LogP contribution is -1.99. The number of aromatic nitrogens is 1. The lowest BCUT2D eigenvalue weighted by Gasteiger charge is -2.10. The zero-order valence-electron chi connectivity index (χ0n) is 13.4. The van der Waals surface area contributed by atoms with Crippen LogP contribution in [0.2, 0.25) is 0 Å². The maximum Gasteiger partial charge on any atom is 0.120 e. The van der Waals surface area contributed by atoms with Crippen LogP contribution in [0.5, 0.6) is 5.75 Å². The lowest BCUT2D eigenvalue weighted by atomic mass is 10.2. The van der Waals surface area contributed by atoms with Gasteiger partial charge in [0, 0.05) is 18.3 Å². The Kier molecular flexibility index (Phi) is 4.03. The molecule has 0 aliphatic heterocycles. The van der Waals surface area contributed by atoms with Gasteiger partial charge in [0.25, 0.3) is 0 Å². The first-order valence-corrected chi connectivity index (χ1v) is 8.18. The monoisotopic (exact) mass is 313 g/mol. The number of benzene rings is 3. The molecule has 0 amide bonds. The summed E-state index contributed by atoms with van der Waals surface area (Å²) >= 11 is 0. The number of rotatable bonds is 5. The third-order valence-electron chi connectivity index (χ3n) is 4.18. The van der Waals surface area contributed by atoms with Gasteiger partial charge in [-0.2, -0.15) is 0 Å². The van der Waals surface area contributed by atoms with Gasteiger partial charge in [0.1, 0.15) is 12.4 Å². The topological polar surface area (TPSA) is 14.2 Å². The van der Waals surface area contributed by atoms with Crippen LogP contribution in [-0.4, -0.2) is 4.57 Å². The van der Waals surface area contributed by atoms with Crippen molar-refractivity contribution in [2.75, 3.05) is 0 Å². The minimum Gasteiger partial charge on any atom is -0.489 e. The molecule has 1 aromatic heterocycles. The van der Waals surface area contributed by atoms with Crippen LogP contribution in [0, 0.1) is 0 Å². The van der Waals surface area contributed by atoms with Crippen molar-refractivity contribution in [1.82, 2.24) is 4.57 Å². The molecule has 0 unspecified atom stereocenters. The fourth-order valence-electron chi connectivity index (χ4n) is 2.95. The first kappa shape index (κ1) is 14.6. The second-order valence-electron chi connectivity index (χ2n) is 5.92. The van der Waals surface area contributed by atoms with Crippen LogP contribution in [0.25, 0.3) is 10.9 Å². The lowest BCUT2D eigenvalue weighted by molar-refractivity contribution is 0.306. The van der Waals surface area contributed by atoms with Crippen LogP contribution in [-0.2, 0) is 13.2 Å². The molecule has 118 valence electrons. The van der Waals surface area contributed by atoms with Crippen molar-refractivity contribution in [3.05, 3.63) is 102 Å². The zero-order valence-corrected chi connectivity index (χ0v) is 13.4. The highest BCUT2D eigenvalue weighted by Crippen LogP contribution is 2.20. The molecular weight excluding hydrogens is 294 g/mol. The Hall–Kier alpha value is -3.00. The van der Waals surface area contributed by atoms with Gasteiger partial charge in [-0.3, -0.25) is 0 Å². The number of para-hydroxylation sites is 1. The smallest absolute Gasteiger partial charge is 0.120 e. The molecule has 0 saturated carbocycles. The zero-order chi connectivity index (χ0) is 16.2. The fourth-order valence-corrected chi connectivity index (χ4v) is 2.95. The van der Waals surface area contributed by atoms with E-state index in [0.717, 1.165) is 12.3 Å². The average molecular weight is 313 g/mol. The summed E-state index contributed by atoms with van der Waals surface area (Å²) in [6, 6.07) is 29.2. The summed E-state index contributed by atoms with van der Waals surface area (Å²) in [7, 11) is 0. The number of hydrogen-bond acceptors (Lipinski definition) is 1. The summed E-state index contributed by atoms with van der Waals surface area (Å²) in [5.74, 6) is 0.910. The van der Waals surface area contributed by atoms with E-state index in [2.05, 4.69) is 71.4 Å². The van der Waals surface area contributed by atoms with E-state index in [9.17, 15) is 0 Å². The normalized spacial score (nSPS) is 10.8. The predicted molar refractivity (Wildman–Crippen MR) is 98.3 cm³/mol. The molecule has 0 saturated heterocycles. The first-order valence-electron chi connectivity index (χ1n) is 8.18. The van der Waals surface area contributed by atoms with E-state index in [1.165, 1.54) is 22.0 Å².